The van der Waals surface area contributed by atoms with E-state index in [2.05, 4.69) is 15.4 Å². The fourth-order valence-electron chi connectivity index (χ4n) is 1.58. The van der Waals surface area contributed by atoms with E-state index in [-0.39, 0.29) is 5.84 Å². The Bertz CT molecular complexity index is 628. The molecule has 0 aliphatic rings. The number of benzene rings is 1. The number of aromatic nitrogens is 2. The van der Waals surface area contributed by atoms with E-state index < -0.39 is 0 Å². The van der Waals surface area contributed by atoms with Gasteiger partial charge in [-0.25, -0.2) is 0 Å². The van der Waals surface area contributed by atoms with Crippen molar-refractivity contribution >= 4 is 28.9 Å². The molecule has 0 aliphatic heterocycles. The van der Waals surface area contributed by atoms with Gasteiger partial charge in [0, 0.05) is 5.75 Å². The van der Waals surface area contributed by atoms with Crippen molar-refractivity contribution in [3.8, 4) is 5.75 Å². The van der Waals surface area contributed by atoms with Crippen LogP contribution in [0.5, 0.6) is 5.75 Å². The predicted molar refractivity (Wildman–Crippen MR) is 79.7 cm³/mol. The lowest BCUT2D eigenvalue weighted by Gasteiger charge is -2.09. The maximum absolute atomic E-state index is 8.80. The Morgan fingerprint density at radius 1 is 1.50 bits per heavy atom. The van der Waals surface area contributed by atoms with Crippen LogP contribution in [0.1, 0.15) is 16.1 Å². The number of amidine groups is 1. The van der Waals surface area contributed by atoms with Gasteiger partial charge in [0.15, 0.2) is 10.2 Å². The summed E-state index contributed by atoms with van der Waals surface area (Å²) >= 11 is 3.15. The summed E-state index contributed by atoms with van der Waals surface area (Å²) in [7, 11) is 1.54. The third kappa shape index (κ3) is 3.40. The van der Waals surface area contributed by atoms with Crippen molar-refractivity contribution in [1.82, 2.24) is 10.2 Å². The summed E-state index contributed by atoms with van der Waals surface area (Å²) in [4.78, 5) is 0. The van der Waals surface area contributed by atoms with Gasteiger partial charge in [-0.05, 0) is 24.6 Å². The number of hydrogen-bond donors (Lipinski definition) is 2. The van der Waals surface area contributed by atoms with Gasteiger partial charge in [0.2, 0.25) is 0 Å². The maximum Gasteiger partial charge on any atom is 0.174 e. The highest BCUT2D eigenvalue weighted by molar-refractivity contribution is 8.00. The van der Waals surface area contributed by atoms with Crippen LogP contribution in [0, 0.1) is 6.92 Å². The van der Waals surface area contributed by atoms with E-state index in [1.54, 1.807) is 36.3 Å². The predicted octanol–water partition coefficient (Wildman–Crippen LogP) is 2.24. The molecule has 0 radical (unpaired) electrons. The summed E-state index contributed by atoms with van der Waals surface area (Å²) in [5, 5.41) is 20.8. The normalized spacial score (nSPS) is 11.6. The highest BCUT2D eigenvalue weighted by Gasteiger charge is 2.10. The molecule has 0 saturated carbocycles. The number of methoxy groups -OCH3 is 1. The number of aryl methyl sites for hydroxylation is 1. The second-order valence-corrected chi connectivity index (χ2v) is 6.30. The van der Waals surface area contributed by atoms with Gasteiger partial charge in [-0.15, -0.1) is 10.2 Å². The van der Waals surface area contributed by atoms with E-state index in [1.807, 2.05) is 19.1 Å². The summed E-state index contributed by atoms with van der Waals surface area (Å²) < 4.78 is 6.11. The lowest BCUT2D eigenvalue weighted by atomic mass is 10.1. The monoisotopic (exact) mass is 310 g/mol. The van der Waals surface area contributed by atoms with Crippen molar-refractivity contribution in [1.29, 1.82) is 0 Å². The number of hydrogen-bond acceptors (Lipinski definition) is 7. The minimum atomic E-state index is 0.0282. The van der Waals surface area contributed by atoms with Crippen LogP contribution in [0.15, 0.2) is 27.7 Å². The highest BCUT2D eigenvalue weighted by atomic mass is 32.2. The fourth-order valence-corrected chi connectivity index (χ4v) is 3.34. The van der Waals surface area contributed by atoms with Gasteiger partial charge < -0.3 is 15.7 Å². The third-order valence-electron chi connectivity index (χ3n) is 2.52. The minimum absolute atomic E-state index is 0.0282. The Morgan fingerprint density at radius 2 is 2.30 bits per heavy atom. The Labute approximate surface area is 124 Å². The zero-order valence-electron chi connectivity index (χ0n) is 11.0. The SMILES string of the molecule is COc1ccc(CSc2nnc(C)s2)cc1C(N)=NO. The standard InChI is InChI=1S/C12H14N4O2S2/c1-7-14-15-12(20-7)19-6-8-3-4-10(18-2)9(5-8)11(13)16-17/h3-5,17H,6H2,1-2H3,(H2,13,16). The smallest absolute Gasteiger partial charge is 0.174 e. The molecule has 1 aromatic heterocycles. The molecule has 6 nitrogen and oxygen atoms in total. The summed E-state index contributed by atoms with van der Waals surface area (Å²) in [6.45, 7) is 1.92. The molecule has 20 heavy (non-hydrogen) atoms. The number of nitrogens with zero attached hydrogens (tertiary/aromatic N) is 3. The van der Waals surface area contributed by atoms with E-state index in [0.29, 0.717) is 11.3 Å². The Balaban J connectivity index is 2.16. The van der Waals surface area contributed by atoms with Crippen LogP contribution in [-0.4, -0.2) is 28.4 Å². The molecule has 0 spiro atoms. The number of nitrogens with two attached hydrogens (primary N) is 1. The van der Waals surface area contributed by atoms with Crippen LogP contribution < -0.4 is 10.5 Å². The zero-order valence-corrected chi connectivity index (χ0v) is 12.7. The van der Waals surface area contributed by atoms with E-state index in [1.165, 1.54) is 0 Å². The van der Waals surface area contributed by atoms with Gasteiger partial charge in [-0.1, -0.05) is 34.3 Å². The summed E-state index contributed by atoms with van der Waals surface area (Å²) in [5.41, 5.74) is 7.25. The molecular weight excluding hydrogens is 296 g/mol. The molecule has 0 amide bonds. The van der Waals surface area contributed by atoms with Gasteiger partial charge in [0.1, 0.15) is 10.8 Å². The quantitative estimate of drug-likeness (QED) is 0.289. The first-order valence-corrected chi connectivity index (χ1v) is 7.52. The molecular formula is C12H14N4O2S2. The summed E-state index contributed by atoms with van der Waals surface area (Å²) in [6, 6.07) is 5.58. The first kappa shape index (κ1) is 14.6. The van der Waals surface area contributed by atoms with Crippen LogP contribution in [0.4, 0.5) is 0 Å². The van der Waals surface area contributed by atoms with Crippen molar-refractivity contribution in [3.05, 3.63) is 34.3 Å². The molecule has 2 rings (SSSR count). The summed E-state index contributed by atoms with van der Waals surface area (Å²) in [5.74, 6) is 1.32. The second kappa shape index (κ2) is 6.58. The van der Waals surface area contributed by atoms with Crippen molar-refractivity contribution in [3.63, 3.8) is 0 Å². The van der Waals surface area contributed by atoms with Gasteiger partial charge in [0.25, 0.3) is 0 Å². The lowest BCUT2D eigenvalue weighted by Crippen LogP contribution is -2.14. The van der Waals surface area contributed by atoms with E-state index in [9.17, 15) is 0 Å². The van der Waals surface area contributed by atoms with Crippen LogP contribution in [-0.2, 0) is 5.75 Å². The molecule has 0 atom stereocenters. The van der Waals surface area contributed by atoms with Crippen LogP contribution in [0.25, 0.3) is 0 Å². The Morgan fingerprint density at radius 3 is 2.90 bits per heavy atom. The topological polar surface area (TPSA) is 93.6 Å². The first-order chi connectivity index (χ1) is 9.63. The molecule has 0 aliphatic carbocycles. The molecule has 1 heterocycles. The number of ether oxygens (including phenoxy) is 1. The fraction of sp³-hybridized carbons (Fsp3) is 0.250. The van der Waals surface area contributed by atoms with Crippen molar-refractivity contribution < 1.29 is 9.94 Å². The number of rotatable bonds is 5. The molecule has 3 N–H and O–H groups in total. The lowest BCUT2D eigenvalue weighted by molar-refractivity contribution is 0.318. The molecule has 2 aromatic rings. The highest BCUT2D eigenvalue weighted by Crippen LogP contribution is 2.27. The molecule has 1 aromatic carbocycles. The van der Waals surface area contributed by atoms with Gasteiger partial charge in [-0.2, -0.15) is 0 Å². The zero-order chi connectivity index (χ0) is 14.5. The Kier molecular flexibility index (Phi) is 4.80. The Hall–Kier alpha value is -1.80. The molecule has 106 valence electrons. The number of oxime groups is 1. The van der Waals surface area contributed by atoms with Crippen LogP contribution >= 0.6 is 23.1 Å². The van der Waals surface area contributed by atoms with Crippen molar-refractivity contribution in [2.45, 2.75) is 17.0 Å². The van der Waals surface area contributed by atoms with E-state index in [4.69, 9.17) is 15.7 Å². The van der Waals surface area contributed by atoms with Crippen LogP contribution in [0.3, 0.4) is 0 Å². The van der Waals surface area contributed by atoms with E-state index in [0.717, 1.165) is 20.7 Å². The maximum atomic E-state index is 8.80. The molecule has 0 unspecified atom stereocenters. The molecule has 0 bridgehead atoms. The minimum Gasteiger partial charge on any atom is -0.496 e. The second-order valence-electron chi connectivity index (χ2n) is 3.90. The summed E-state index contributed by atoms with van der Waals surface area (Å²) in [6.07, 6.45) is 0. The molecule has 8 heteroatoms. The first-order valence-electron chi connectivity index (χ1n) is 5.71. The molecule has 0 fully saturated rings. The van der Waals surface area contributed by atoms with Crippen LogP contribution in [0.2, 0.25) is 0 Å². The van der Waals surface area contributed by atoms with Gasteiger partial charge >= 0.3 is 0 Å². The number of thioether (sulfide) groups is 1. The largest absolute Gasteiger partial charge is 0.496 e. The molecule has 0 saturated heterocycles. The van der Waals surface area contributed by atoms with E-state index >= 15 is 0 Å². The van der Waals surface area contributed by atoms with Gasteiger partial charge in [-0.3, -0.25) is 0 Å². The average Bonchev–Trinajstić information content (AvgIpc) is 2.89. The van der Waals surface area contributed by atoms with Gasteiger partial charge in [0.05, 0.1) is 12.7 Å². The van der Waals surface area contributed by atoms with Crippen molar-refractivity contribution in [2.75, 3.05) is 7.11 Å². The van der Waals surface area contributed by atoms with Crippen molar-refractivity contribution in [2.24, 2.45) is 10.9 Å². The third-order valence-corrected chi connectivity index (χ3v) is 4.56. The average molecular weight is 310 g/mol.